The molecule has 127 heavy (non-hydrogen) atoms. The Morgan fingerprint density at radius 1 is 0.417 bits per heavy atom. The number of amides is 5. The van der Waals surface area contributed by atoms with Crippen LogP contribution >= 0.6 is 11.6 Å². The van der Waals surface area contributed by atoms with Gasteiger partial charge in [-0.3, -0.25) is 38.1 Å². The molecule has 0 spiro atoms. The average Bonchev–Trinajstić information content (AvgIpc) is 1.68. The van der Waals surface area contributed by atoms with Gasteiger partial charge in [0.05, 0.1) is 90.8 Å². The molecule has 6 heterocycles. The summed E-state index contributed by atoms with van der Waals surface area (Å²) in [7, 11) is -0.710. The summed E-state index contributed by atoms with van der Waals surface area (Å²) in [6, 6.07) is 34.9. The first-order valence-electron chi connectivity index (χ1n) is 43.1. The normalized spacial score (nSPS) is 14.6. The van der Waals surface area contributed by atoms with Crippen LogP contribution in [0.2, 0.25) is 0 Å². The first-order valence-corrected chi connectivity index (χ1v) is 49.2. The smallest absolute Gasteiger partial charge is 0.410 e. The average molecular weight is 1830 g/mol. The zero-order valence-corrected chi connectivity index (χ0v) is 81.2. The van der Waals surface area contributed by atoms with E-state index in [1.807, 2.05) is 196 Å². The van der Waals surface area contributed by atoms with Crippen molar-refractivity contribution in [1.82, 2.24) is 28.8 Å². The highest BCUT2D eigenvalue weighted by Crippen LogP contribution is 2.44. The number of hydrogen-bond donors (Lipinski definition) is 7. The number of aryl methyl sites for hydroxylation is 3. The number of rotatable bonds is 23. The van der Waals surface area contributed by atoms with Crippen LogP contribution in [0.4, 0.5) is 38.9 Å². The fourth-order valence-corrected chi connectivity index (χ4v) is 18.1. The van der Waals surface area contributed by atoms with Crippen molar-refractivity contribution < 1.29 is 73.0 Å². The molecule has 3 fully saturated rings. The number of nitrogens with one attached hydrogen (secondary N) is 7. The molecule has 0 saturated carbocycles. The van der Waals surface area contributed by atoms with Crippen LogP contribution in [0.15, 0.2) is 109 Å². The number of ether oxygens (including phenoxy) is 4. The highest BCUT2D eigenvalue weighted by molar-refractivity contribution is 7.92. The van der Waals surface area contributed by atoms with E-state index in [1.165, 1.54) is 32.5 Å². The first kappa shape index (κ1) is 100. The molecule has 0 unspecified atom stereocenters. The molecule has 7 N–H and O–H groups in total. The number of hydrogen-bond acceptors (Lipinski definition) is 17. The van der Waals surface area contributed by atoms with E-state index in [0.29, 0.717) is 77.8 Å². The fraction of sp³-hybridized carbons (Fsp3) is 0.495. The molecular formula is C95H131ClN12O16S3. The molecule has 0 aliphatic carbocycles. The lowest BCUT2D eigenvalue weighted by atomic mass is 9.86. The molecule has 6 aromatic carbocycles. The molecule has 9 aromatic rings. The third kappa shape index (κ3) is 26.9. The second-order valence-electron chi connectivity index (χ2n) is 37.5. The molecule has 692 valence electrons. The molecule has 3 aromatic heterocycles. The Labute approximate surface area is 755 Å². The van der Waals surface area contributed by atoms with Gasteiger partial charge in [0, 0.05) is 76.3 Å². The minimum absolute atomic E-state index is 0.215. The summed E-state index contributed by atoms with van der Waals surface area (Å²) in [5, 5.41) is 15.1. The number of likely N-dealkylation sites (tertiary alicyclic amines) is 2. The highest BCUT2D eigenvalue weighted by Gasteiger charge is 2.33. The topological polar surface area (TPSA) is 347 Å². The van der Waals surface area contributed by atoms with E-state index in [0.717, 1.165) is 158 Å². The Hall–Kier alpha value is -10.3. The molecule has 0 atom stereocenters. The van der Waals surface area contributed by atoms with Gasteiger partial charge in [0.2, 0.25) is 41.2 Å². The van der Waals surface area contributed by atoms with Gasteiger partial charge in [-0.1, -0.05) is 131 Å². The standard InChI is InChI=1S/C33H46N4O6S.C31H42N4O5S.C28H38N4O4S.C3H5ClO/c1-32(2,3)24-19-25(29(42-8)26(20-24)35-44(9,40)41)34-30(38)27-18-23-12-10-11-22(28(23)36(27)7)17-21-13-15-37(16-14-21)31(39)43-33(4,5)6;1-8-27(36)35-14-12-20(13-15-35)16-21-10-9-11-22-17-26(34(5)28(21)22)30(37)32-24-18-23(31(2,3)4)19-25(29(24)40-6)33-41(7,38)39;1-28(2,3)21-16-22(26(36-5)23(17-21)31-37(6,34)35)30-27(33)24-15-20-9-7-8-19(25(20)32(24)4)14-18-10-12-29-13-11-18;1-2-3(4)5/h10-12,18-21,35H,13-17H2,1-9H3,(H,34,38);9-11,17-20,33H,8,12-16H2,1-7H3,(H,32,37);7-9,15-18,29,31H,10-14H2,1-6H3,(H,30,33);2H2,1H3. The van der Waals surface area contributed by atoms with Crippen LogP contribution < -0.4 is 49.6 Å². The van der Waals surface area contributed by atoms with Crippen molar-refractivity contribution in [3.63, 3.8) is 0 Å². The molecule has 3 aliphatic heterocycles. The van der Waals surface area contributed by atoms with Gasteiger partial charge in [0.1, 0.15) is 22.7 Å². The third-order valence-corrected chi connectivity index (χ3v) is 25.1. The van der Waals surface area contributed by atoms with E-state index < -0.39 is 35.7 Å². The number of fused-ring (bicyclic) bond motifs is 3. The Bertz CT molecular complexity index is 5890. The van der Waals surface area contributed by atoms with Gasteiger partial charge in [0.25, 0.3) is 17.7 Å². The van der Waals surface area contributed by atoms with Gasteiger partial charge in [-0.05, 0) is 225 Å². The van der Waals surface area contributed by atoms with Crippen LogP contribution in [0.25, 0.3) is 32.7 Å². The number of para-hydroxylation sites is 3. The summed E-state index contributed by atoms with van der Waals surface area (Å²) in [5.41, 5.74) is 11.2. The number of anilines is 6. The fourth-order valence-electron chi connectivity index (χ4n) is 16.4. The number of carbonyl (C=O) groups is 6. The minimum Gasteiger partial charge on any atom is -0.492 e. The molecule has 12 rings (SSSR count). The molecule has 5 amide bonds. The van der Waals surface area contributed by atoms with Crippen LogP contribution in [-0.2, 0) is 101 Å². The van der Waals surface area contributed by atoms with Crippen LogP contribution in [-0.4, -0.2) is 169 Å². The van der Waals surface area contributed by atoms with Crippen molar-refractivity contribution in [3.8, 4) is 17.2 Å². The second-order valence-corrected chi connectivity index (χ2v) is 43.1. The second kappa shape index (κ2) is 41.4. The molecule has 0 bridgehead atoms. The predicted octanol–water partition coefficient (Wildman–Crippen LogP) is 17.4. The lowest BCUT2D eigenvalue weighted by molar-refractivity contribution is -0.132. The predicted molar refractivity (Wildman–Crippen MR) is 511 cm³/mol. The Morgan fingerprint density at radius 3 is 0.945 bits per heavy atom. The molecular weight excluding hydrogens is 1700 g/mol. The van der Waals surface area contributed by atoms with Crippen molar-refractivity contribution >= 4 is 143 Å². The number of piperidine rings is 3. The monoisotopic (exact) mass is 1830 g/mol. The maximum absolute atomic E-state index is 13.8. The number of methoxy groups -OCH3 is 3. The van der Waals surface area contributed by atoms with E-state index in [-0.39, 0.29) is 85.5 Å². The lowest BCUT2D eigenvalue weighted by Gasteiger charge is -2.33. The number of carbonyl (C=O) groups excluding carboxylic acids is 6. The highest BCUT2D eigenvalue weighted by atomic mass is 35.5. The van der Waals surface area contributed by atoms with Crippen molar-refractivity contribution in [3.05, 3.63) is 160 Å². The molecule has 32 heteroatoms. The number of halogens is 1. The molecule has 28 nitrogen and oxygen atoms in total. The molecule has 0 radical (unpaired) electrons. The summed E-state index contributed by atoms with van der Waals surface area (Å²) in [6.07, 6.45) is 12.6. The largest absolute Gasteiger partial charge is 0.492 e. The van der Waals surface area contributed by atoms with Crippen LogP contribution in [0.1, 0.15) is 213 Å². The van der Waals surface area contributed by atoms with E-state index >= 15 is 0 Å². The minimum atomic E-state index is -3.60. The Morgan fingerprint density at radius 2 is 0.693 bits per heavy atom. The van der Waals surface area contributed by atoms with Gasteiger partial charge >= 0.3 is 6.09 Å². The third-order valence-electron chi connectivity index (χ3n) is 23.0. The van der Waals surface area contributed by atoms with E-state index in [2.05, 4.69) is 59.7 Å². The molecule has 3 saturated heterocycles. The Kier molecular flexibility index (Phi) is 32.7. The number of nitrogens with zero attached hydrogens (tertiary/aromatic N) is 5. The van der Waals surface area contributed by atoms with Gasteiger partial charge in [-0.15, -0.1) is 0 Å². The SMILES string of the molecule is CCC(=O)Cl.CCC(=O)N1CCC(Cc2cccc3cc(C(=O)Nc4cc(C(C)(C)C)cc(NS(C)(=O)=O)c4OC)n(C)c23)CC1.COc1c(NC(=O)c2cc3cccc(CC4CCN(C(=O)OC(C)(C)C)CC4)c3n2C)cc(C(C)(C)C)cc1NS(C)(=O)=O.COc1c(NC(=O)c2cc3cccc(CC4CCNCC4)c3n2C)cc(C(C)(C)C)cc1NS(C)(=O)=O. The number of aromatic nitrogens is 3. The van der Waals surface area contributed by atoms with Crippen molar-refractivity contribution in [2.24, 2.45) is 38.9 Å². The number of sulfonamides is 3. The van der Waals surface area contributed by atoms with Crippen LogP contribution in [0.5, 0.6) is 17.2 Å². The summed E-state index contributed by atoms with van der Waals surface area (Å²) in [5.74, 6) is 1.49. The Balaban J connectivity index is 0.000000210. The maximum atomic E-state index is 13.8. The van der Waals surface area contributed by atoms with Crippen molar-refractivity contribution in [2.75, 3.05) is 109 Å². The van der Waals surface area contributed by atoms with Crippen molar-refractivity contribution in [1.29, 1.82) is 0 Å². The summed E-state index contributed by atoms with van der Waals surface area (Å²) in [4.78, 5) is 79.0. The summed E-state index contributed by atoms with van der Waals surface area (Å²) >= 11 is 4.82. The van der Waals surface area contributed by atoms with Gasteiger partial charge in [-0.25, -0.2) is 30.0 Å². The van der Waals surface area contributed by atoms with Crippen LogP contribution in [0, 0.1) is 17.8 Å². The first-order chi connectivity index (χ1) is 59.2. The zero-order valence-electron chi connectivity index (χ0n) is 78.0. The molecule has 3 aliphatic rings. The van der Waals surface area contributed by atoms with Crippen LogP contribution in [0.3, 0.4) is 0 Å². The summed E-state index contributed by atoms with van der Waals surface area (Å²) in [6.45, 7) is 32.4. The summed E-state index contributed by atoms with van der Waals surface area (Å²) < 4.78 is 108. The maximum Gasteiger partial charge on any atom is 0.410 e. The van der Waals surface area contributed by atoms with E-state index in [9.17, 15) is 54.0 Å². The van der Waals surface area contributed by atoms with Crippen molar-refractivity contribution in [2.45, 2.75) is 189 Å². The van der Waals surface area contributed by atoms with Gasteiger partial charge < -0.3 is 63.7 Å². The van der Waals surface area contributed by atoms with Gasteiger partial charge in [0.15, 0.2) is 17.2 Å². The number of benzene rings is 6. The van der Waals surface area contributed by atoms with Gasteiger partial charge in [-0.2, -0.15) is 0 Å². The van der Waals surface area contributed by atoms with E-state index in [1.54, 1.807) is 30.0 Å². The van der Waals surface area contributed by atoms with E-state index in [4.69, 9.17) is 30.5 Å². The quantitative estimate of drug-likeness (QED) is 0.0293. The zero-order chi connectivity index (χ0) is 94.0. The lowest BCUT2D eigenvalue weighted by Crippen LogP contribution is -2.42.